The summed E-state index contributed by atoms with van der Waals surface area (Å²) in [7, 11) is 1.67. The largest absolute Gasteiger partial charge is 0.497 e. The molecule has 3 heteroatoms. The van der Waals surface area contributed by atoms with Gasteiger partial charge in [-0.2, -0.15) is 0 Å². The maximum Gasteiger partial charge on any atom is 0.119 e. The van der Waals surface area contributed by atoms with Crippen molar-refractivity contribution in [2.75, 3.05) is 20.2 Å². The second-order valence-corrected chi connectivity index (χ2v) is 5.45. The molecule has 98 valence electrons. The zero-order valence-corrected chi connectivity index (χ0v) is 10.9. The van der Waals surface area contributed by atoms with Crippen LogP contribution in [0.25, 0.3) is 0 Å². The second kappa shape index (κ2) is 4.56. The molecule has 0 aliphatic carbocycles. The molecular weight excluding hydrogens is 226 g/mol. The Morgan fingerprint density at radius 3 is 3.06 bits per heavy atom. The second-order valence-electron chi connectivity index (χ2n) is 5.45. The van der Waals surface area contributed by atoms with Gasteiger partial charge in [0, 0.05) is 12.6 Å². The summed E-state index contributed by atoms with van der Waals surface area (Å²) in [5, 5.41) is 11.1. The van der Waals surface area contributed by atoms with Crippen LogP contribution >= 0.6 is 0 Å². The molecule has 1 aromatic carbocycles. The highest BCUT2D eigenvalue weighted by atomic mass is 16.5. The third-order valence-electron chi connectivity index (χ3n) is 4.51. The summed E-state index contributed by atoms with van der Waals surface area (Å²) in [6.07, 6.45) is 4.44. The van der Waals surface area contributed by atoms with Crippen LogP contribution in [-0.2, 0) is 5.60 Å². The summed E-state index contributed by atoms with van der Waals surface area (Å²) in [4.78, 5) is 2.45. The minimum Gasteiger partial charge on any atom is -0.497 e. The molecule has 0 amide bonds. The van der Waals surface area contributed by atoms with Crippen molar-refractivity contribution in [1.29, 1.82) is 0 Å². The monoisotopic (exact) mass is 247 g/mol. The molecular formula is C15H21NO2. The van der Waals surface area contributed by atoms with E-state index in [9.17, 15) is 5.11 Å². The zero-order valence-electron chi connectivity index (χ0n) is 10.9. The lowest BCUT2D eigenvalue weighted by molar-refractivity contribution is -0.0139. The van der Waals surface area contributed by atoms with Crippen molar-refractivity contribution >= 4 is 0 Å². The van der Waals surface area contributed by atoms with Crippen molar-refractivity contribution in [3.8, 4) is 5.75 Å². The first-order chi connectivity index (χ1) is 8.74. The Labute approximate surface area is 108 Å². The van der Waals surface area contributed by atoms with Crippen molar-refractivity contribution in [1.82, 2.24) is 4.90 Å². The van der Waals surface area contributed by atoms with E-state index >= 15 is 0 Å². The van der Waals surface area contributed by atoms with E-state index in [4.69, 9.17) is 4.74 Å². The smallest absolute Gasteiger partial charge is 0.119 e. The first-order valence-corrected chi connectivity index (χ1v) is 6.85. The molecule has 3 rings (SSSR count). The lowest BCUT2D eigenvalue weighted by Crippen LogP contribution is -2.45. The van der Waals surface area contributed by atoms with Gasteiger partial charge in [0.25, 0.3) is 0 Å². The Hall–Kier alpha value is -1.06. The third-order valence-corrected chi connectivity index (χ3v) is 4.51. The van der Waals surface area contributed by atoms with E-state index in [1.54, 1.807) is 7.11 Å². The number of hydrogen-bond acceptors (Lipinski definition) is 3. The molecule has 3 nitrogen and oxygen atoms in total. The molecule has 0 saturated carbocycles. The summed E-state index contributed by atoms with van der Waals surface area (Å²) >= 11 is 0. The molecule has 2 heterocycles. The van der Waals surface area contributed by atoms with Gasteiger partial charge in [0.2, 0.25) is 0 Å². The predicted octanol–water partition coefficient (Wildman–Crippen LogP) is 2.14. The first kappa shape index (κ1) is 12.0. The fraction of sp³-hybridized carbons (Fsp3) is 0.600. The van der Waals surface area contributed by atoms with Crippen molar-refractivity contribution in [3.63, 3.8) is 0 Å². The van der Waals surface area contributed by atoms with Gasteiger partial charge < -0.3 is 9.84 Å². The number of aliphatic hydroxyl groups is 1. The molecule has 0 aromatic heterocycles. The van der Waals surface area contributed by atoms with Crippen molar-refractivity contribution < 1.29 is 9.84 Å². The highest BCUT2D eigenvalue weighted by molar-refractivity contribution is 5.34. The van der Waals surface area contributed by atoms with E-state index in [0.717, 1.165) is 37.2 Å². The van der Waals surface area contributed by atoms with Crippen molar-refractivity contribution in [2.24, 2.45) is 0 Å². The molecule has 0 radical (unpaired) electrons. The Bertz CT molecular complexity index is 434. The van der Waals surface area contributed by atoms with Gasteiger partial charge in [-0.3, -0.25) is 4.90 Å². The molecule has 0 bridgehead atoms. The van der Waals surface area contributed by atoms with Crippen LogP contribution in [0.1, 0.15) is 31.2 Å². The van der Waals surface area contributed by atoms with Gasteiger partial charge in [0.1, 0.15) is 11.4 Å². The number of hydrogen-bond donors (Lipinski definition) is 1. The SMILES string of the molecule is COc1cccc(C2(O)CCN3CCCCC32)c1. The van der Waals surface area contributed by atoms with Crippen LogP contribution in [0, 0.1) is 0 Å². The third kappa shape index (κ3) is 1.82. The van der Waals surface area contributed by atoms with E-state index in [2.05, 4.69) is 4.90 Å². The molecule has 2 saturated heterocycles. The molecule has 18 heavy (non-hydrogen) atoms. The summed E-state index contributed by atoms with van der Waals surface area (Å²) in [5.41, 5.74) is 0.325. The van der Waals surface area contributed by atoms with Gasteiger partial charge in [-0.15, -0.1) is 0 Å². The molecule has 2 aliphatic heterocycles. The summed E-state index contributed by atoms with van der Waals surface area (Å²) in [6, 6.07) is 8.20. The molecule has 0 spiro atoms. The maximum absolute atomic E-state index is 11.1. The highest BCUT2D eigenvalue weighted by Crippen LogP contribution is 2.42. The summed E-state index contributed by atoms with van der Waals surface area (Å²) < 4.78 is 5.27. The lowest BCUT2D eigenvalue weighted by atomic mass is 9.83. The Morgan fingerprint density at radius 2 is 2.22 bits per heavy atom. The Balaban J connectivity index is 1.93. The topological polar surface area (TPSA) is 32.7 Å². The number of rotatable bonds is 2. The summed E-state index contributed by atoms with van der Waals surface area (Å²) in [5.74, 6) is 0.829. The minimum atomic E-state index is -0.686. The minimum absolute atomic E-state index is 0.290. The van der Waals surface area contributed by atoms with E-state index in [1.807, 2.05) is 24.3 Å². The van der Waals surface area contributed by atoms with E-state index in [1.165, 1.54) is 12.8 Å². The fourth-order valence-corrected chi connectivity index (χ4v) is 3.51. The molecule has 1 aromatic rings. The fourth-order valence-electron chi connectivity index (χ4n) is 3.51. The van der Waals surface area contributed by atoms with Gasteiger partial charge >= 0.3 is 0 Å². The van der Waals surface area contributed by atoms with E-state index in [0.29, 0.717) is 6.04 Å². The van der Waals surface area contributed by atoms with Crippen LogP contribution in [0.2, 0.25) is 0 Å². The van der Waals surface area contributed by atoms with Crippen LogP contribution in [0.3, 0.4) is 0 Å². The van der Waals surface area contributed by atoms with E-state index < -0.39 is 5.60 Å². The average molecular weight is 247 g/mol. The number of benzene rings is 1. The number of methoxy groups -OCH3 is 1. The molecule has 2 unspecified atom stereocenters. The molecule has 2 aliphatic rings. The Morgan fingerprint density at radius 1 is 1.33 bits per heavy atom. The standard InChI is InChI=1S/C15H21NO2/c1-18-13-6-4-5-12(11-13)15(17)8-10-16-9-3-2-7-14(15)16/h4-6,11,14,17H,2-3,7-10H2,1H3. The first-order valence-electron chi connectivity index (χ1n) is 6.85. The van der Waals surface area contributed by atoms with Gasteiger partial charge in [0.15, 0.2) is 0 Å². The van der Waals surface area contributed by atoms with Crippen LogP contribution in [0.4, 0.5) is 0 Å². The van der Waals surface area contributed by atoms with E-state index in [-0.39, 0.29) is 0 Å². The number of nitrogens with zero attached hydrogens (tertiary/aromatic N) is 1. The van der Waals surface area contributed by atoms with Gasteiger partial charge in [-0.05, 0) is 43.5 Å². The zero-order chi connectivity index (χ0) is 12.6. The molecule has 2 atom stereocenters. The quantitative estimate of drug-likeness (QED) is 0.869. The van der Waals surface area contributed by atoms with Gasteiger partial charge in [-0.25, -0.2) is 0 Å². The molecule has 2 fully saturated rings. The highest BCUT2D eigenvalue weighted by Gasteiger charge is 2.47. The molecule has 1 N–H and O–H groups in total. The van der Waals surface area contributed by atoms with Crippen LogP contribution in [-0.4, -0.2) is 36.2 Å². The number of fused-ring (bicyclic) bond motifs is 1. The maximum atomic E-state index is 11.1. The van der Waals surface area contributed by atoms with Crippen LogP contribution < -0.4 is 4.74 Å². The number of ether oxygens (including phenoxy) is 1. The Kier molecular flexibility index (Phi) is 3.04. The average Bonchev–Trinajstić information content (AvgIpc) is 2.79. The van der Waals surface area contributed by atoms with Crippen molar-refractivity contribution in [3.05, 3.63) is 29.8 Å². The van der Waals surface area contributed by atoms with Crippen LogP contribution in [0.5, 0.6) is 5.75 Å². The number of piperidine rings is 1. The van der Waals surface area contributed by atoms with Gasteiger partial charge in [0.05, 0.1) is 7.11 Å². The van der Waals surface area contributed by atoms with Crippen molar-refractivity contribution in [2.45, 2.75) is 37.3 Å². The van der Waals surface area contributed by atoms with Gasteiger partial charge in [-0.1, -0.05) is 18.6 Å². The van der Waals surface area contributed by atoms with Crippen LogP contribution in [0.15, 0.2) is 24.3 Å². The summed E-state index contributed by atoms with van der Waals surface area (Å²) in [6.45, 7) is 2.15. The predicted molar refractivity (Wildman–Crippen MR) is 70.7 cm³/mol. The normalized spacial score (nSPS) is 32.2. The lowest BCUT2D eigenvalue weighted by Gasteiger charge is -2.37.